The van der Waals surface area contributed by atoms with Crippen LogP contribution in [0.5, 0.6) is 5.75 Å². The maximum absolute atomic E-state index is 16.2. The van der Waals surface area contributed by atoms with Crippen LogP contribution < -0.4 is 21.5 Å². The summed E-state index contributed by atoms with van der Waals surface area (Å²) in [7, 11) is 3.83. The van der Waals surface area contributed by atoms with E-state index in [4.69, 9.17) is 15.9 Å². The van der Waals surface area contributed by atoms with Crippen LogP contribution in [0.15, 0.2) is 65.5 Å². The minimum absolute atomic E-state index is 0.0554. The highest BCUT2D eigenvalue weighted by Crippen LogP contribution is 2.34. The number of amides is 1. The lowest BCUT2D eigenvalue weighted by molar-refractivity contribution is -0.114. The molecule has 4 rings (SSSR count). The largest absolute Gasteiger partial charge is 0.489 e. The maximum Gasteiger partial charge on any atom is 0.348 e. The van der Waals surface area contributed by atoms with Crippen LogP contribution in [0.2, 0.25) is 0 Å². The van der Waals surface area contributed by atoms with Crippen LogP contribution in [0.4, 0.5) is 10.1 Å². The summed E-state index contributed by atoms with van der Waals surface area (Å²) in [6, 6.07) is 17.4. The topological polar surface area (TPSA) is 142 Å². The number of nitrogens with zero attached hydrogens (tertiary/aromatic N) is 3. The average molecular weight is 574 g/mol. The van der Waals surface area contributed by atoms with Gasteiger partial charge in [-0.15, -0.1) is 5.10 Å². The minimum Gasteiger partial charge on any atom is -0.489 e. The highest BCUT2D eigenvalue weighted by Gasteiger charge is 2.27. The SMILES string of the molecule is CCc1cc(OCCN(C)C)c(F)c(C(Cc2ccc(C(=N)N)cc2)c2nn(-c3ccccc3NC(C)=O)c(=O)[nH]2)c1. The van der Waals surface area contributed by atoms with Gasteiger partial charge in [-0.2, -0.15) is 4.68 Å². The first-order chi connectivity index (χ1) is 20.1. The van der Waals surface area contributed by atoms with Crippen molar-refractivity contribution < 1.29 is 13.9 Å². The van der Waals surface area contributed by atoms with Crippen molar-refractivity contribution in [1.29, 1.82) is 5.41 Å². The lowest BCUT2D eigenvalue weighted by atomic mass is 9.89. The van der Waals surface area contributed by atoms with E-state index < -0.39 is 17.4 Å². The van der Waals surface area contributed by atoms with E-state index in [1.165, 1.54) is 11.6 Å². The molecule has 1 atom stereocenters. The zero-order chi connectivity index (χ0) is 30.4. The molecule has 220 valence electrons. The molecule has 0 saturated carbocycles. The normalized spacial score (nSPS) is 11.9. The number of hydrogen-bond acceptors (Lipinski definition) is 6. The first kappa shape index (κ1) is 30.2. The first-order valence-electron chi connectivity index (χ1n) is 13.7. The Morgan fingerprint density at radius 3 is 2.52 bits per heavy atom. The number of halogens is 1. The number of nitrogen functional groups attached to an aromatic ring is 1. The summed E-state index contributed by atoms with van der Waals surface area (Å²) < 4.78 is 23.2. The molecule has 0 spiro atoms. The van der Waals surface area contributed by atoms with Gasteiger partial charge in [-0.3, -0.25) is 15.2 Å². The number of aromatic nitrogens is 3. The third kappa shape index (κ3) is 7.10. The molecule has 42 heavy (non-hydrogen) atoms. The van der Waals surface area contributed by atoms with Gasteiger partial charge in [0.1, 0.15) is 18.3 Å². The average Bonchev–Trinajstić information content (AvgIpc) is 3.33. The van der Waals surface area contributed by atoms with Crippen molar-refractivity contribution in [2.45, 2.75) is 32.6 Å². The molecule has 1 unspecified atom stereocenters. The van der Waals surface area contributed by atoms with Gasteiger partial charge < -0.3 is 20.7 Å². The van der Waals surface area contributed by atoms with Gasteiger partial charge in [-0.25, -0.2) is 9.18 Å². The van der Waals surface area contributed by atoms with Crippen LogP contribution in [0, 0.1) is 11.2 Å². The van der Waals surface area contributed by atoms with Crippen LogP contribution >= 0.6 is 0 Å². The second kappa shape index (κ2) is 13.3. The summed E-state index contributed by atoms with van der Waals surface area (Å²) in [5.41, 5.74) is 8.49. The number of ether oxygens (including phenoxy) is 1. The van der Waals surface area contributed by atoms with E-state index in [2.05, 4.69) is 15.4 Å². The number of hydrogen-bond donors (Lipinski definition) is 4. The summed E-state index contributed by atoms with van der Waals surface area (Å²) in [5, 5.41) is 15.0. The molecule has 4 aromatic rings. The molecule has 5 N–H and O–H groups in total. The molecule has 1 amide bonds. The van der Waals surface area contributed by atoms with E-state index in [1.54, 1.807) is 48.5 Å². The fourth-order valence-electron chi connectivity index (χ4n) is 4.60. The highest BCUT2D eigenvalue weighted by molar-refractivity contribution is 5.94. The van der Waals surface area contributed by atoms with Crippen molar-refractivity contribution in [2.75, 3.05) is 32.6 Å². The lowest BCUT2D eigenvalue weighted by Gasteiger charge is -2.20. The number of amidine groups is 1. The monoisotopic (exact) mass is 573 g/mol. The van der Waals surface area contributed by atoms with Crippen molar-refractivity contribution in [1.82, 2.24) is 19.7 Å². The lowest BCUT2D eigenvalue weighted by Crippen LogP contribution is -2.20. The molecule has 10 nitrogen and oxygen atoms in total. The number of nitrogens with two attached hydrogens (primary N) is 1. The molecule has 1 aromatic heterocycles. The Kier molecular flexibility index (Phi) is 9.53. The van der Waals surface area contributed by atoms with Crippen molar-refractivity contribution in [3.63, 3.8) is 0 Å². The zero-order valence-corrected chi connectivity index (χ0v) is 24.2. The van der Waals surface area contributed by atoms with Gasteiger partial charge in [0.25, 0.3) is 0 Å². The molecular weight excluding hydrogens is 537 g/mol. The Labute approximate surface area is 243 Å². The highest BCUT2D eigenvalue weighted by atomic mass is 19.1. The molecule has 0 aliphatic carbocycles. The quantitative estimate of drug-likeness (QED) is 0.150. The Balaban J connectivity index is 1.84. The molecule has 0 radical (unpaired) electrons. The molecule has 0 aliphatic heterocycles. The van der Waals surface area contributed by atoms with Crippen LogP contribution in [-0.4, -0.2) is 58.7 Å². The Hall–Kier alpha value is -4.77. The number of carbonyl (C=O) groups is 1. The van der Waals surface area contributed by atoms with Gasteiger partial charge in [-0.1, -0.05) is 49.4 Å². The number of rotatable bonds is 12. The van der Waals surface area contributed by atoms with E-state index in [9.17, 15) is 9.59 Å². The number of para-hydroxylation sites is 2. The van der Waals surface area contributed by atoms with Gasteiger partial charge >= 0.3 is 5.69 Å². The van der Waals surface area contributed by atoms with E-state index in [1.807, 2.05) is 38.1 Å². The van der Waals surface area contributed by atoms with Crippen LogP contribution in [0.25, 0.3) is 5.69 Å². The summed E-state index contributed by atoms with van der Waals surface area (Å²) >= 11 is 0. The van der Waals surface area contributed by atoms with Crippen LogP contribution in [0.3, 0.4) is 0 Å². The molecule has 1 heterocycles. The van der Waals surface area contributed by atoms with Crippen LogP contribution in [0.1, 0.15) is 47.8 Å². The Morgan fingerprint density at radius 1 is 1.17 bits per heavy atom. The predicted molar refractivity (Wildman–Crippen MR) is 161 cm³/mol. The number of benzene rings is 3. The number of aromatic amines is 1. The molecule has 0 aliphatic rings. The Morgan fingerprint density at radius 2 is 1.88 bits per heavy atom. The zero-order valence-electron chi connectivity index (χ0n) is 24.2. The van der Waals surface area contributed by atoms with Crippen molar-refractivity contribution >= 4 is 17.4 Å². The van der Waals surface area contributed by atoms with E-state index in [0.29, 0.717) is 48.5 Å². The van der Waals surface area contributed by atoms with Gasteiger partial charge in [0.2, 0.25) is 5.91 Å². The van der Waals surface area contributed by atoms with E-state index in [-0.39, 0.29) is 23.3 Å². The van der Waals surface area contributed by atoms with Gasteiger partial charge in [0, 0.05) is 24.6 Å². The van der Waals surface area contributed by atoms with E-state index >= 15 is 4.39 Å². The summed E-state index contributed by atoms with van der Waals surface area (Å²) in [5.74, 6) is -1.18. The number of anilines is 1. The van der Waals surface area contributed by atoms with Crippen molar-refractivity contribution in [3.05, 3.63) is 105 Å². The molecule has 0 fully saturated rings. The van der Waals surface area contributed by atoms with E-state index in [0.717, 1.165) is 11.1 Å². The molecule has 0 saturated heterocycles. The molecular formula is C31H36FN7O3. The fraction of sp³-hybridized carbons (Fsp3) is 0.290. The van der Waals surface area contributed by atoms with Crippen molar-refractivity contribution in [3.8, 4) is 11.4 Å². The van der Waals surface area contributed by atoms with Gasteiger partial charge in [-0.05, 0) is 56.3 Å². The second-order valence-corrected chi connectivity index (χ2v) is 10.3. The first-order valence-corrected chi connectivity index (χ1v) is 13.7. The number of aryl methyl sites for hydroxylation is 1. The number of likely N-dealkylation sites (N-methyl/N-ethyl adjacent to an activating group) is 1. The minimum atomic E-state index is -0.697. The predicted octanol–water partition coefficient (Wildman–Crippen LogP) is 3.82. The smallest absolute Gasteiger partial charge is 0.348 e. The summed E-state index contributed by atoms with van der Waals surface area (Å²) in [4.78, 5) is 29.8. The number of H-pyrrole nitrogens is 1. The number of carbonyl (C=O) groups excluding carboxylic acids is 1. The standard InChI is InChI=1S/C31H36FN7O3/c1-5-20-16-23(28(32)27(18-20)42-15-14-38(3)4)24(17-21-10-12-22(13-11-21)29(33)34)30-36-31(41)39(37-30)26-9-7-6-8-25(26)35-19(2)40/h6-13,16,18,24H,5,14-15,17H2,1-4H3,(H3,33,34)(H,35,40)(H,36,37,41). The fourth-order valence-corrected chi connectivity index (χ4v) is 4.60. The van der Waals surface area contributed by atoms with Crippen molar-refractivity contribution in [2.24, 2.45) is 5.73 Å². The maximum atomic E-state index is 16.2. The Bertz CT molecular complexity index is 1630. The molecule has 3 aromatic carbocycles. The third-order valence-electron chi connectivity index (χ3n) is 6.82. The van der Waals surface area contributed by atoms with Gasteiger partial charge in [0.15, 0.2) is 11.6 Å². The summed E-state index contributed by atoms with van der Waals surface area (Å²) in [6.45, 7) is 4.28. The molecule has 0 bridgehead atoms. The third-order valence-corrected chi connectivity index (χ3v) is 6.82. The second-order valence-electron chi connectivity index (χ2n) is 10.3. The van der Waals surface area contributed by atoms with Gasteiger partial charge in [0.05, 0.1) is 17.3 Å². The number of nitrogens with one attached hydrogen (secondary N) is 3. The van der Waals surface area contributed by atoms with Crippen LogP contribution in [-0.2, 0) is 17.6 Å². The molecule has 11 heteroatoms. The summed E-state index contributed by atoms with van der Waals surface area (Å²) in [6.07, 6.45) is 0.937.